The van der Waals surface area contributed by atoms with Crippen LogP contribution < -0.4 is 10.0 Å². The van der Waals surface area contributed by atoms with Gasteiger partial charge in [-0.2, -0.15) is 0 Å². The van der Waals surface area contributed by atoms with E-state index in [1.807, 2.05) is 6.92 Å². The van der Waals surface area contributed by atoms with Crippen molar-refractivity contribution in [1.29, 1.82) is 0 Å². The second-order valence-electron chi connectivity index (χ2n) is 8.15. The van der Waals surface area contributed by atoms with Crippen LogP contribution in [-0.4, -0.2) is 60.1 Å². The normalized spacial score (nSPS) is 18.5. The van der Waals surface area contributed by atoms with E-state index in [9.17, 15) is 23.4 Å². The van der Waals surface area contributed by atoms with Gasteiger partial charge in [-0.15, -0.1) is 0 Å². The summed E-state index contributed by atoms with van der Waals surface area (Å²) in [6.07, 6.45) is 7.50. The molecular formula is C21H35N3O5S. The number of hydrogen-bond acceptors (Lipinski definition) is 6. The Balaban J connectivity index is 2.06. The quantitative estimate of drug-likeness (QED) is 0.365. The van der Waals surface area contributed by atoms with E-state index < -0.39 is 39.9 Å². The lowest BCUT2D eigenvalue weighted by Gasteiger charge is -2.32. The average molecular weight is 442 g/mol. The molecule has 1 fully saturated rings. The predicted molar refractivity (Wildman–Crippen MR) is 115 cm³/mol. The molecule has 4 N–H and O–H groups in total. The Labute approximate surface area is 179 Å². The first-order valence-electron chi connectivity index (χ1n) is 10.9. The largest absolute Gasteiger partial charge is 0.389 e. The molecule has 3 unspecified atom stereocenters. The maximum absolute atomic E-state index is 12.6. The summed E-state index contributed by atoms with van der Waals surface area (Å²) in [5.74, 6) is -0.694. The molecule has 8 nitrogen and oxygen atoms in total. The van der Waals surface area contributed by atoms with Gasteiger partial charge in [0.15, 0.2) is 0 Å². The maximum Gasteiger partial charge on any atom is 0.253 e. The summed E-state index contributed by atoms with van der Waals surface area (Å²) >= 11 is 0. The van der Waals surface area contributed by atoms with Gasteiger partial charge in [-0.25, -0.2) is 13.1 Å². The fourth-order valence-corrected chi connectivity index (χ4v) is 5.09. The number of pyridine rings is 1. The summed E-state index contributed by atoms with van der Waals surface area (Å²) in [5.41, 5.74) is 0.349. The van der Waals surface area contributed by atoms with Crippen molar-refractivity contribution in [2.45, 2.75) is 76.5 Å². The molecule has 1 saturated carbocycles. The Morgan fingerprint density at radius 1 is 1.27 bits per heavy atom. The molecule has 1 aliphatic carbocycles. The molecule has 1 aromatic heterocycles. The molecule has 0 radical (unpaired) electrons. The number of hydrogen-bond donors (Lipinski definition) is 4. The minimum Gasteiger partial charge on any atom is -0.389 e. The third kappa shape index (κ3) is 8.29. The van der Waals surface area contributed by atoms with Crippen LogP contribution in [0.3, 0.4) is 0 Å². The number of sulfonamides is 1. The summed E-state index contributed by atoms with van der Waals surface area (Å²) in [6.45, 7) is 2.25. The van der Waals surface area contributed by atoms with Crippen molar-refractivity contribution in [3.05, 3.63) is 30.1 Å². The topological polar surface area (TPSA) is 129 Å². The number of nitrogens with one attached hydrogen (secondary N) is 2. The number of nitrogens with zero attached hydrogens (tertiary/aromatic N) is 1. The van der Waals surface area contributed by atoms with E-state index in [1.165, 1.54) is 12.6 Å². The first-order valence-corrected chi connectivity index (χ1v) is 12.5. The molecule has 9 heteroatoms. The van der Waals surface area contributed by atoms with Gasteiger partial charge < -0.3 is 15.5 Å². The van der Waals surface area contributed by atoms with Crippen LogP contribution in [0, 0.1) is 5.92 Å². The summed E-state index contributed by atoms with van der Waals surface area (Å²) in [5, 5.41) is 24.0. The number of amides is 1. The molecule has 0 spiro atoms. The lowest BCUT2D eigenvalue weighted by atomic mass is 9.83. The molecule has 1 amide bonds. The van der Waals surface area contributed by atoms with E-state index >= 15 is 0 Å². The van der Waals surface area contributed by atoms with Crippen molar-refractivity contribution < 1.29 is 23.4 Å². The molecule has 170 valence electrons. The zero-order chi connectivity index (χ0) is 22.0. The van der Waals surface area contributed by atoms with Gasteiger partial charge in [0.1, 0.15) is 6.10 Å². The van der Waals surface area contributed by atoms with Crippen LogP contribution in [0.15, 0.2) is 24.5 Å². The second kappa shape index (κ2) is 12.3. The third-order valence-corrected chi connectivity index (χ3v) is 7.03. The van der Waals surface area contributed by atoms with E-state index in [0.717, 1.165) is 32.1 Å². The Bertz CT molecular complexity index is 738. The average Bonchev–Trinajstić information content (AvgIpc) is 2.73. The molecular weight excluding hydrogens is 406 g/mol. The fraction of sp³-hybridized carbons (Fsp3) is 0.714. The van der Waals surface area contributed by atoms with Crippen LogP contribution >= 0.6 is 0 Å². The Morgan fingerprint density at radius 3 is 2.63 bits per heavy atom. The van der Waals surface area contributed by atoms with Crippen LogP contribution in [0.1, 0.15) is 68.6 Å². The van der Waals surface area contributed by atoms with Gasteiger partial charge in [0.25, 0.3) is 5.91 Å². The number of rotatable bonds is 12. The summed E-state index contributed by atoms with van der Waals surface area (Å²) in [7, 11) is -3.73. The van der Waals surface area contributed by atoms with Crippen LogP contribution in [0.4, 0.5) is 0 Å². The molecule has 3 atom stereocenters. The molecule has 1 aliphatic rings. The standard InChI is InChI=1S/C21H35N3O5S/c1-2-3-12-23-30(28,29)15-19(25)20(26)18(13-16-8-5-4-6-9-16)24-21(27)17-10-7-11-22-14-17/h7,10-11,14,16,18-20,23,25-26H,2-6,8-9,12-13,15H2,1H3,(H,24,27). The fourth-order valence-electron chi connectivity index (χ4n) is 3.87. The van der Waals surface area contributed by atoms with E-state index in [1.54, 1.807) is 18.3 Å². The van der Waals surface area contributed by atoms with Crippen LogP contribution in [-0.2, 0) is 10.0 Å². The Hall–Kier alpha value is -1.55. The molecule has 2 rings (SSSR count). The number of aliphatic hydroxyl groups excluding tert-OH is 2. The summed E-state index contributed by atoms with van der Waals surface area (Å²) in [4.78, 5) is 16.5. The van der Waals surface area contributed by atoms with Crippen molar-refractivity contribution in [3.63, 3.8) is 0 Å². The Morgan fingerprint density at radius 2 is 2.00 bits per heavy atom. The minimum absolute atomic E-state index is 0.297. The van der Waals surface area contributed by atoms with Crippen molar-refractivity contribution in [3.8, 4) is 0 Å². The highest BCUT2D eigenvalue weighted by Crippen LogP contribution is 2.28. The molecule has 0 aromatic carbocycles. The van der Waals surface area contributed by atoms with Crippen molar-refractivity contribution in [2.75, 3.05) is 12.3 Å². The molecule has 0 saturated heterocycles. The first-order chi connectivity index (χ1) is 14.3. The Kier molecular flexibility index (Phi) is 10.2. The summed E-state index contributed by atoms with van der Waals surface area (Å²) in [6, 6.07) is 2.51. The SMILES string of the molecule is CCCCNS(=O)(=O)CC(O)C(O)C(CC1CCCCC1)NC(=O)c1cccnc1. The number of aliphatic hydroxyl groups is 2. The van der Waals surface area contributed by atoms with E-state index in [2.05, 4.69) is 15.0 Å². The van der Waals surface area contributed by atoms with Crippen LogP contribution in [0.5, 0.6) is 0 Å². The van der Waals surface area contributed by atoms with E-state index in [4.69, 9.17) is 0 Å². The predicted octanol–water partition coefficient (Wildman–Crippen LogP) is 1.59. The third-order valence-electron chi connectivity index (χ3n) is 5.60. The van der Waals surface area contributed by atoms with Crippen LogP contribution in [0.25, 0.3) is 0 Å². The zero-order valence-electron chi connectivity index (χ0n) is 17.7. The zero-order valence-corrected chi connectivity index (χ0v) is 18.5. The van der Waals surface area contributed by atoms with Crippen molar-refractivity contribution in [1.82, 2.24) is 15.0 Å². The highest BCUT2D eigenvalue weighted by atomic mass is 32.2. The van der Waals surface area contributed by atoms with Gasteiger partial charge in [0.2, 0.25) is 10.0 Å². The van der Waals surface area contributed by atoms with Gasteiger partial charge >= 0.3 is 0 Å². The lowest BCUT2D eigenvalue weighted by Crippen LogP contribution is -2.52. The lowest BCUT2D eigenvalue weighted by molar-refractivity contribution is 0.00200. The van der Waals surface area contributed by atoms with E-state index in [-0.39, 0.29) is 0 Å². The number of unbranched alkanes of at least 4 members (excludes halogenated alkanes) is 1. The van der Waals surface area contributed by atoms with Gasteiger partial charge in [-0.3, -0.25) is 9.78 Å². The van der Waals surface area contributed by atoms with Gasteiger partial charge in [0.05, 0.1) is 23.5 Å². The summed E-state index contributed by atoms with van der Waals surface area (Å²) < 4.78 is 26.8. The van der Waals surface area contributed by atoms with Crippen LogP contribution in [0.2, 0.25) is 0 Å². The number of carbonyl (C=O) groups is 1. The molecule has 0 bridgehead atoms. The number of aromatic nitrogens is 1. The van der Waals surface area contributed by atoms with Crippen molar-refractivity contribution >= 4 is 15.9 Å². The van der Waals surface area contributed by atoms with E-state index in [0.29, 0.717) is 30.9 Å². The number of carbonyl (C=O) groups excluding carboxylic acids is 1. The monoisotopic (exact) mass is 441 g/mol. The first kappa shape index (κ1) is 24.7. The highest BCUT2D eigenvalue weighted by molar-refractivity contribution is 7.89. The van der Waals surface area contributed by atoms with Crippen molar-refractivity contribution in [2.24, 2.45) is 5.92 Å². The maximum atomic E-state index is 12.6. The molecule has 1 heterocycles. The van der Waals surface area contributed by atoms with Gasteiger partial charge in [-0.1, -0.05) is 45.4 Å². The van der Waals surface area contributed by atoms with Gasteiger partial charge in [-0.05, 0) is 30.9 Å². The molecule has 0 aliphatic heterocycles. The van der Waals surface area contributed by atoms with Gasteiger partial charge in [0, 0.05) is 18.9 Å². The molecule has 30 heavy (non-hydrogen) atoms. The second-order valence-corrected chi connectivity index (χ2v) is 10.0. The highest BCUT2D eigenvalue weighted by Gasteiger charge is 2.33. The molecule has 1 aromatic rings. The minimum atomic E-state index is -3.73. The smallest absolute Gasteiger partial charge is 0.253 e.